The van der Waals surface area contributed by atoms with Crippen molar-refractivity contribution in [2.45, 2.75) is 42.9 Å². The van der Waals surface area contributed by atoms with Gasteiger partial charge in [-0.05, 0) is 39.3 Å². The molecule has 1 saturated heterocycles. The predicted molar refractivity (Wildman–Crippen MR) is 76.9 cm³/mol. The van der Waals surface area contributed by atoms with E-state index in [0.29, 0.717) is 13.1 Å². The van der Waals surface area contributed by atoms with Gasteiger partial charge in [0.15, 0.2) is 0 Å². The van der Waals surface area contributed by atoms with Gasteiger partial charge in [-0.1, -0.05) is 0 Å². The summed E-state index contributed by atoms with van der Waals surface area (Å²) in [5, 5.41) is -0.0371. The van der Waals surface area contributed by atoms with Gasteiger partial charge in [0.2, 0.25) is 0 Å². The highest BCUT2D eigenvalue weighted by Gasteiger charge is 2.33. The van der Waals surface area contributed by atoms with Crippen LogP contribution in [0.1, 0.15) is 27.2 Å². The number of pyridine rings is 1. The number of hydrogen-bond donors (Lipinski definition) is 0. The zero-order valence-corrected chi connectivity index (χ0v) is 12.9. The van der Waals surface area contributed by atoms with Crippen molar-refractivity contribution in [1.82, 2.24) is 9.88 Å². The van der Waals surface area contributed by atoms with Crippen LogP contribution in [-0.4, -0.2) is 44.1 Å². The first-order valence-corrected chi connectivity index (χ1v) is 7.86. The fraction of sp³-hybridized carbons (Fsp3) is 0.571. The number of amides is 1. The number of carbonyl (C=O) groups is 1. The first-order valence-electron chi connectivity index (χ1n) is 6.65. The second kappa shape index (κ2) is 5.91. The van der Waals surface area contributed by atoms with Crippen LogP contribution in [-0.2, 0) is 15.5 Å². The maximum atomic E-state index is 12.4. The second-order valence-electron chi connectivity index (χ2n) is 5.82. The number of likely N-dealkylation sites (tertiary alicyclic amines) is 1. The molecule has 1 aromatic rings. The van der Waals surface area contributed by atoms with Gasteiger partial charge in [-0.2, -0.15) is 0 Å². The summed E-state index contributed by atoms with van der Waals surface area (Å²) < 4.78 is 17.7. The Labute approximate surface area is 121 Å². The first-order chi connectivity index (χ1) is 9.37. The number of ether oxygens (including phenoxy) is 1. The van der Waals surface area contributed by atoms with Crippen molar-refractivity contribution < 1.29 is 13.7 Å². The Hall–Kier alpha value is -1.43. The lowest BCUT2D eigenvalue weighted by molar-refractivity contribution is 0.0295. The maximum Gasteiger partial charge on any atom is 0.410 e. The molecule has 110 valence electrons. The molecule has 0 N–H and O–H groups in total. The highest BCUT2D eigenvalue weighted by atomic mass is 32.2. The fourth-order valence-corrected chi connectivity index (χ4v) is 3.47. The van der Waals surface area contributed by atoms with Crippen molar-refractivity contribution in [3.63, 3.8) is 0 Å². The van der Waals surface area contributed by atoms with Crippen molar-refractivity contribution in [1.29, 1.82) is 0 Å². The monoisotopic (exact) mass is 296 g/mol. The van der Waals surface area contributed by atoms with Gasteiger partial charge in [0.1, 0.15) is 5.60 Å². The molecule has 0 spiro atoms. The lowest BCUT2D eigenvalue weighted by Gasteiger charge is -2.24. The minimum atomic E-state index is -1.11. The molecule has 1 amide bonds. The van der Waals surface area contributed by atoms with Crippen LogP contribution in [0.15, 0.2) is 29.4 Å². The van der Waals surface area contributed by atoms with Crippen molar-refractivity contribution in [2.24, 2.45) is 0 Å². The molecule has 1 fully saturated rings. The number of nitrogens with zero attached hydrogens (tertiary/aromatic N) is 2. The maximum absolute atomic E-state index is 12.4. The van der Waals surface area contributed by atoms with E-state index in [-0.39, 0.29) is 11.3 Å². The van der Waals surface area contributed by atoms with E-state index in [1.807, 2.05) is 20.8 Å². The van der Waals surface area contributed by atoms with Gasteiger partial charge < -0.3 is 9.64 Å². The molecule has 20 heavy (non-hydrogen) atoms. The third-order valence-electron chi connectivity index (χ3n) is 2.98. The minimum absolute atomic E-state index is 0.0371. The van der Waals surface area contributed by atoms with Gasteiger partial charge in [0.25, 0.3) is 0 Å². The Balaban J connectivity index is 1.96. The van der Waals surface area contributed by atoms with Gasteiger partial charge in [-0.3, -0.25) is 9.19 Å². The van der Waals surface area contributed by atoms with Crippen LogP contribution >= 0.6 is 0 Å². The largest absolute Gasteiger partial charge is 0.444 e. The van der Waals surface area contributed by atoms with E-state index in [2.05, 4.69) is 4.98 Å². The molecule has 0 unspecified atom stereocenters. The van der Waals surface area contributed by atoms with E-state index >= 15 is 0 Å². The Kier molecular flexibility index (Phi) is 4.42. The number of carbonyl (C=O) groups excluding carboxylic acids is 1. The van der Waals surface area contributed by atoms with Crippen molar-refractivity contribution in [3.8, 4) is 0 Å². The predicted octanol–water partition coefficient (Wildman–Crippen LogP) is 2.20. The lowest BCUT2D eigenvalue weighted by atomic mass is 10.2. The van der Waals surface area contributed by atoms with Gasteiger partial charge in [0, 0.05) is 30.4 Å². The van der Waals surface area contributed by atoms with Gasteiger partial charge in [-0.15, -0.1) is 0 Å². The summed E-state index contributed by atoms with van der Waals surface area (Å²) in [5.41, 5.74) is -0.501. The molecule has 0 radical (unpaired) electrons. The smallest absolute Gasteiger partial charge is 0.410 e. The molecule has 6 heteroatoms. The fourth-order valence-electron chi connectivity index (χ4n) is 2.06. The Morgan fingerprint density at radius 1 is 1.40 bits per heavy atom. The zero-order chi connectivity index (χ0) is 14.8. The van der Waals surface area contributed by atoms with Crippen LogP contribution in [0.3, 0.4) is 0 Å². The van der Waals surface area contributed by atoms with Crippen LogP contribution < -0.4 is 0 Å². The molecule has 1 aliphatic heterocycles. The Morgan fingerprint density at radius 2 is 2.05 bits per heavy atom. The molecule has 0 saturated carbocycles. The number of hydrogen-bond acceptors (Lipinski definition) is 4. The third kappa shape index (κ3) is 3.79. The van der Waals surface area contributed by atoms with Crippen LogP contribution in [0, 0.1) is 0 Å². The molecule has 2 atom stereocenters. The molecule has 0 bridgehead atoms. The first kappa shape index (κ1) is 15.0. The van der Waals surface area contributed by atoms with Crippen LogP contribution in [0.2, 0.25) is 0 Å². The average Bonchev–Trinajstić information content (AvgIpc) is 2.86. The zero-order valence-electron chi connectivity index (χ0n) is 12.0. The van der Waals surface area contributed by atoms with E-state index < -0.39 is 16.4 Å². The topological polar surface area (TPSA) is 59.5 Å². The van der Waals surface area contributed by atoms with Gasteiger partial charge in [-0.25, -0.2) is 4.79 Å². The Bertz CT molecular complexity index is 499. The molecule has 0 aliphatic carbocycles. The van der Waals surface area contributed by atoms with E-state index in [1.54, 1.807) is 29.4 Å². The molecule has 2 heterocycles. The van der Waals surface area contributed by atoms with Crippen molar-refractivity contribution in [3.05, 3.63) is 24.5 Å². The number of aromatic nitrogens is 1. The highest BCUT2D eigenvalue weighted by molar-refractivity contribution is 7.85. The van der Waals surface area contributed by atoms with Crippen LogP contribution in [0.4, 0.5) is 4.79 Å². The Morgan fingerprint density at radius 3 is 2.65 bits per heavy atom. The van der Waals surface area contributed by atoms with E-state index in [0.717, 1.165) is 11.3 Å². The third-order valence-corrected chi connectivity index (χ3v) is 4.71. The second-order valence-corrected chi connectivity index (χ2v) is 7.55. The average molecular weight is 296 g/mol. The van der Waals surface area contributed by atoms with Gasteiger partial charge in [0.05, 0.1) is 16.0 Å². The summed E-state index contributed by atoms with van der Waals surface area (Å²) in [4.78, 5) is 18.3. The molecule has 1 aromatic heterocycles. The summed E-state index contributed by atoms with van der Waals surface area (Å²) in [5.74, 6) is 0. The summed E-state index contributed by atoms with van der Waals surface area (Å²) >= 11 is 0. The van der Waals surface area contributed by atoms with E-state index in [1.165, 1.54) is 0 Å². The summed E-state index contributed by atoms with van der Waals surface area (Å²) in [6.45, 7) is 6.59. The van der Waals surface area contributed by atoms with Crippen molar-refractivity contribution in [2.75, 3.05) is 13.1 Å². The van der Waals surface area contributed by atoms with Crippen LogP contribution in [0.5, 0.6) is 0 Å². The SMILES string of the molecule is CC(C)(C)OC(=O)N1CC[C@@H]([S@@](=O)c2ccncc2)C1. The van der Waals surface area contributed by atoms with Crippen LogP contribution in [0.25, 0.3) is 0 Å². The molecular formula is C14H20N2O3S. The molecule has 1 aliphatic rings. The van der Waals surface area contributed by atoms with E-state index in [4.69, 9.17) is 4.74 Å². The normalized spacial score (nSPS) is 20.8. The van der Waals surface area contributed by atoms with E-state index in [9.17, 15) is 9.00 Å². The van der Waals surface area contributed by atoms with Crippen molar-refractivity contribution >= 4 is 16.9 Å². The molecular weight excluding hydrogens is 276 g/mol. The van der Waals surface area contributed by atoms with Gasteiger partial charge >= 0.3 is 6.09 Å². The highest BCUT2D eigenvalue weighted by Crippen LogP contribution is 2.21. The molecule has 0 aromatic carbocycles. The standard InChI is InChI=1S/C14H20N2O3S/c1-14(2,3)19-13(17)16-9-6-12(10-16)20(18)11-4-7-15-8-5-11/h4-5,7-8,12H,6,9-10H2,1-3H3/t12-,20+/m1/s1. The molecule has 2 rings (SSSR count). The summed E-state index contributed by atoms with van der Waals surface area (Å²) in [6.07, 6.45) is 3.67. The molecule has 5 nitrogen and oxygen atoms in total. The number of rotatable bonds is 2. The summed E-state index contributed by atoms with van der Waals surface area (Å²) in [6, 6.07) is 3.51. The quantitative estimate of drug-likeness (QED) is 0.839. The minimum Gasteiger partial charge on any atom is -0.444 e. The lowest BCUT2D eigenvalue weighted by Crippen LogP contribution is -2.36. The summed E-state index contributed by atoms with van der Waals surface area (Å²) in [7, 11) is -1.11.